The lowest BCUT2D eigenvalue weighted by molar-refractivity contribution is 0.650. The minimum atomic E-state index is -1.25. The van der Waals surface area contributed by atoms with E-state index in [4.69, 9.17) is 34.8 Å². The summed E-state index contributed by atoms with van der Waals surface area (Å²) in [7, 11) is -1.23. The van der Waals surface area contributed by atoms with Gasteiger partial charge in [-0.3, -0.25) is 0 Å². The summed E-state index contributed by atoms with van der Waals surface area (Å²) in [5.41, 5.74) is 0. The first-order valence-corrected chi connectivity index (χ1v) is 6.38. The maximum Gasteiger partial charge on any atom is 0.190 e. The molecular formula is C8H14Cl3NOS. The summed E-state index contributed by atoms with van der Waals surface area (Å²) in [6.07, 6.45) is 2.43. The largest absolute Gasteiger partial charge is 0.234 e. The lowest BCUT2D eigenvalue weighted by Crippen LogP contribution is -2.19. The number of hydrogen-bond acceptors (Lipinski definition) is 1. The molecule has 1 atom stereocenters. The van der Waals surface area contributed by atoms with Gasteiger partial charge >= 0.3 is 0 Å². The predicted octanol–water partition coefficient (Wildman–Crippen LogP) is 3.67. The fraction of sp³-hybridized carbons (Fsp3) is 0.875. The minimum absolute atomic E-state index is 0.337. The molecule has 0 aliphatic carbocycles. The summed E-state index contributed by atoms with van der Waals surface area (Å²) in [5, 5.41) is 0. The van der Waals surface area contributed by atoms with E-state index in [1.54, 1.807) is 6.21 Å². The zero-order valence-electron chi connectivity index (χ0n) is 8.39. The van der Waals surface area contributed by atoms with Crippen LogP contribution in [0, 0.1) is 0 Å². The summed E-state index contributed by atoms with van der Waals surface area (Å²) in [6, 6.07) is 0. The highest BCUT2D eigenvalue weighted by atomic mass is 35.6. The molecule has 0 radical (unpaired) electrons. The molecule has 0 heterocycles. The molecule has 0 amide bonds. The second-order valence-electron chi connectivity index (χ2n) is 3.80. The van der Waals surface area contributed by atoms with Gasteiger partial charge in [-0.1, -0.05) is 34.8 Å². The summed E-state index contributed by atoms with van der Waals surface area (Å²) in [6.45, 7) is 5.57. The van der Waals surface area contributed by atoms with Gasteiger partial charge in [0.1, 0.15) is 11.0 Å². The molecule has 0 saturated carbocycles. The first-order valence-electron chi connectivity index (χ1n) is 4.14. The van der Waals surface area contributed by atoms with Crippen LogP contribution in [0.1, 0.15) is 33.6 Å². The third-order valence-corrected chi connectivity index (χ3v) is 3.21. The highest BCUT2D eigenvalue weighted by Crippen LogP contribution is 2.30. The third-order valence-electron chi connectivity index (χ3n) is 1.25. The van der Waals surface area contributed by atoms with Crippen molar-refractivity contribution in [3.63, 3.8) is 0 Å². The van der Waals surface area contributed by atoms with Gasteiger partial charge in [0.25, 0.3) is 0 Å². The molecule has 0 aromatic rings. The topological polar surface area (TPSA) is 29.4 Å². The highest BCUT2D eigenvalue weighted by molar-refractivity contribution is 7.85. The van der Waals surface area contributed by atoms with Gasteiger partial charge in [0.15, 0.2) is 3.79 Å². The van der Waals surface area contributed by atoms with Crippen LogP contribution in [0.2, 0.25) is 0 Å². The molecule has 0 rings (SSSR count). The molecule has 0 spiro atoms. The van der Waals surface area contributed by atoms with Crippen molar-refractivity contribution in [1.82, 2.24) is 0 Å². The van der Waals surface area contributed by atoms with Crippen LogP contribution in [0.5, 0.6) is 0 Å². The Morgan fingerprint density at radius 2 is 1.79 bits per heavy atom. The summed E-state index contributed by atoms with van der Waals surface area (Å²) in [4.78, 5) is 0. The van der Waals surface area contributed by atoms with Crippen molar-refractivity contribution in [2.75, 3.05) is 0 Å². The Kier molecular flexibility index (Phi) is 5.97. The Morgan fingerprint density at radius 3 is 2.14 bits per heavy atom. The molecule has 0 aliphatic heterocycles. The Balaban J connectivity index is 3.92. The molecule has 84 valence electrons. The van der Waals surface area contributed by atoms with E-state index in [0.29, 0.717) is 12.8 Å². The van der Waals surface area contributed by atoms with Crippen molar-refractivity contribution in [3.05, 3.63) is 0 Å². The Morgan fingerprint density at radius 1 is 1.29 bits per heavy atom. The number of alkyl halides is 3. The van der Waals surface area contributed by atoms with Crippen molar-refractivity contribution in [3.8, 4) is 0 Å². The first-order chi connectivity index (χ1) is 6.13. The number of halogens is 3. The quantitative estimate of drug-likeness (QED) is 0.572. The monoisotopic (exact) mass is 277 g/mol. The van der Waals surface area contributed by atoms with E-state index in [9.17, 15) is 4.21 Å². The van der Waals surface area contributed by atoms with Crippen LogP contribution in [0.4, 0.5) is 0 Å². The van der Waals surface area contributed by atoms with E-state index >= 15 is 0 Å². The molecular weight excluding hydrogens is 265 g/mol. The van der Waals surface area contributed by atoms with Gasteiger partial charge < -0.3 is 0 Å². The van der Waals surface area contributed by atoms with Gasteiger partial charge in [-0.15, -0.1) is 0 Å². The summed E-state index contributed by atoms with van der Waals surface area (Å²) < 4.78 is 13.7. The molecule has 0 saturated heterocycles. The fourth-order valence-electron chi connectivity index (χ4n) is 0.507. The van der Waals surface area contributed by atoms with Crippen LogP contribution in [0.3, 0.4) is 0 Å². The Bertz CT molecular complexity index is 230. The smallest absolute Gasteiger partial charge is 0.190 e. The maximum absolute atomic E-state index is 11.4. The molecule has 0 aromatic heterocycles. The van der Waals surface area contributed by atoms with Crippen molar-refractivity contribution in [1.29, 1.82) is 0 Å². The number of rotatable bonds is 3. The van der Waals surface area contributed by atoms with Crippen LogP contribution in [-0.4, -0.2) is 19.0 Å². The van der Waals surface area contributed by atoms with E-state index in [1.807, 2.05) is 20.8 Å². The Labute approximate surface area is 103 Å². The van der Waals surface area contributed by atoms with E-state index in [1.165, 1.54) is 0 Å². The number of nitrogens with zero attached hydrogens (tertiary/aromatic N) is 1. The summed E-state index contributed by atoms with van der Waals surface area (Å²) in [5.74, 6) is 0. The van der Waals surface area contributed by atoms with Gasteiger partial charge in [-0.2, -0.15) is 4.40 Å². The molecule has 0 aliphatic rings. The van der Waals surface area contributed by atoms with Gasteiger partial charge in [-0.25, -0.2) is 4.21 Å². The molecule has 6 heteroatoms. The van der Waals surface area contributed by atoms with Crippen molar-refractivity contribution in [2.24, 2.45) is 4.40 Å². The van der Waals surface area contributed by atoms with Crippen LogP contribution in [0.15, 0.2) is 4.40 Å². The highest BCUT2D eigenvalue weighted by Gasteiger charge is 2.19. The molecule has 0 aromatic carbocycles. The lowest BCUT2D eigenvalue weighted by atomic mass is 10.3. The first kappa shape index (κ1) is 14.7. The van der Waals surface area contributed by atoms with Crippen LogP contribution >= 0.6 is 34.8 Å². The number of hydrogen-bond donors (Lipinski definition) is 0. The van der Waals surface area contributed by atoms with Gasteiger partial charge in [-0.05, 0) is 33.6 Å². The molecule has 0 fully saturated rings. The van der Waals surface area contributed by atoms with Crippen LogP contribution in [-0.2, 0) is 11.0 Å². The van der Waals surface area contributed by atoms with Crippen LogP contribution in [0.25, 0.3) is 0 Å². The van der Waals surface area contributed by atoms with Crippen LogP contribution < -0.4 is 0 Å². The van der Waals surface area contributed by atoms with E-state index in [-0.39, 0.29) is 4.75 Å². The molecule has 0 N–H and O–H groups in total. The zero-order valence-corrected chi connectivity index (χ0v) is 11.5. The van der Waals surface area contributed by atoms with Gasteiger partial charge in [0.2, 0.25) is 0 Å². The van der Waals surface area contributed by atoms with Gasteiger partial charge in [0, 0.05) is 6.21 Å². The average Bonchev–Trinajstić information content (AvgIpc) is 1.93. The average molecular weight is 279 g/mol. The van der Waals surface area contributed by atoms with Crippen molar-refractivity contribution in [2.45, 2.75) is 42.2 Å². The standard InChI is InChI=1S/C8H14Cl3NOS/c1-7(2,3)14(13)12-6-4-5-8(9,10)11/h6H,4-5H2,1-3H3/b12-6+. The fourth-order valence-corrected chi connectivity index (χ4v) is 1.39. The summed E-state index contributed by atoms with van der Waals surface area (Å²) >= 11 is 16.6. The molecule has 14 heavy (non-hydrogen) atoms. The van der Waals surface area contributed by atoms with Crippen molar-refractivity contribution >= 4 is 52.0 Å². The SMILES string of the molecule is CC(C)(C)S(=O)/N=C/CCC(Cl)(Cl)Cl. The molecule has 1 unspecified atom stereocenters. The zero-order chi connectivity index (χ0) is 11.4. The minimum Gasteiger partial charge on any atom is -0.234 e. The van der Waals surface area contributed by atoms with Gasteiger partial charge in [0.05, 0.1) is 4.75 Å². The normalized spacial score (nSPS) is 16.1. The van der Waals surface area contributed by atoms with E-state index in [2.05, 4.69) is 4.40 Å². The Hall–Kier alpha value is 0.690. The van der Waals surface area contributed by atoms with E-state index in [0.717, 1.165) is 0 Å². The molecule has 0 bridgehead atoms. The molecule has 2 nitrogen and oxygen atoms in total. The predicted molar refractivity (Wildman–Crippen MR) is 65.9 cm³/mol. The third kappa shape index (κ3) is 8.04. The lowest BCUT2D eigenvalue weighted by Gasteiger charge is -2.13. The maximum atomic E-state index is 11.4. The second kappa shape index (κ2) is 5.69. The van der Waals surface area contributed by atoms with E-state index < -0.39 is 14.8 Å². The second-order valence-corrected chi connectivity index (χ2v) is 8.25. The van der Waals surface area contributed by atoms with Crippen molar-refractivity contribution < 1.29 is 4.21 Å².